The molecule has 0 atom stereocenters. The van der Waals surface area contributed by atoms with Crippen LogP contribution in [0.5, 0.6) is 17.2 Å². The molecule has 158 valence electrons. The molecule has 2 aromatic carbocycles. The molecule has 9 heteroatoms. The molecule has 0 spiro atoms. The van der Waals surface area contributed by atoms with E-state index in [1.54, 1.807) is 33.6 Å². The van der Waals surface area contributed by atoms with Gasteiger partial charge in [-0.3, -0.25) is 5.10 Å². The van der Waals surface area contributed by atoms with Crippen molar-refractivity contribution in [3.05, 3.63) is 60.8 Å². The normalized spacial score (nSPS) is 10.4. The summed E-state index contributed by atoms with van der Waals surface area (Å²) in [5.41, 5.74) is 2.35. The number of pyridine rings is 1. The number of hydrogen-bond donors (Lipinski definition) is 3. The maximum Gasteiger partial charge on any atom is 0.246 e. The first-order valence-electron chi connectivity index (χ1n) is 9.47. The van der Waals surface area contributed by atoms with E-state index in [-0.39, 0.29) is 0 Å². The van der Waals surface area contributed by atoms with Crippen molar-refractivity contribution in [1.82, 2.24) is 20.2 Å². The Balaban J connectivity index is 1.59. The molecule has 0 radical (unpaired) electrons. The van der Waals surface area contributed by atoms with E-state index in [4.69, 9.17) is 14.2 Å². The van der Waals surface area contributed by atoms with Crippen LogP contribution in [0.4, 0.5) is 23.1 Å². The quantitative estimate of drug-likeness (QED) is 0.387. The molecule has 4 aromatic rings. The van der Waals surface area contributed by atoms with E-state index in [0.29, 0.717) is 29.1 Å². The molecule has 0 aliphatic rings. The van der Waals surface area contributed by atoms with Gasteiger partial charge < -0.3 is 24.8 Å². The van der Waals surface area contributed by atoms with Crippen molar-refractivity contribution in [2.24, 2.45) is 0 Å². The fourth-order valence-corrected chi connectivity index (χ4v) is 2.98. The lowest BCUT2D eigenvalue weighted by atomic mass is 10.2. The highest BCUT2D eigenvalue weighted by atomic mass is 16.5. The molecule has 0 aliphatic carbocycles. The predicted octanol–water partition coefficient (Wildman–Crippen LogP) is 4.38. The van der Waals surface area contributed by atoms with Crippen LogP contribution in [0.25, 0.3) is 11.4 Å². The third kappa shape index (κ3) is 4.67. The second kappa shape index (κ2) is 9.04. The van der Waals surface area contributed by atoms with Crippen molar-refractivity contribution < 1.29 is 14.2 Å². The number of nitrogens with one attached hydrogen (secondary N) is 3. The molecular formula is C22H22N6O3. The number of aromatic nitrogens is 4. The van der Waals surface area contributed by atoms with Crippen molar-refractivity contribution in [3.63, 3.8) is 0 Å². The van der Waals surface area contributed by atoms with Gasteiger partial charge in [-0.1, -0.05) is 6.07 Å². The van der Waals surface area contributed by atoms with Gasteiger partial charge in [0.2, 0.25) is 5.95 Å². The lowest BCUT2D eigenvalue weighted by molar-refractivity contribution is 0.395. The molecule has 0 saturated carbocycles. The highest BCUT2D eigenvalue weighted by molar-refractivity contribution is 5.75. The van der Waals surface area contributed by atoms with Crippen molar-refractivity contribution >= 4 is 23.1 Å². The Labute approximate surface area is 179 Å². The molecule has 0 saturated heterocycles. The van der Waals surface area contributed by atoms with Crippen molar-refractivity contribution in [3.8, 4) is 28.6 Å². The minimum Gasteiger partial charge on any atom is -0.497 e. The van der Waals surface area contributed by atoms with Crippen LogP contribution < -0.4 is 24.8 Å². The second-order valence-electron chi connectivity index (χ2n) is 6.49. The molecule has 2 heterocycles. The Bertz CT molecular complexity index is 1160. The molecule has 2 aromatic heterocycles. The lowest BCUT2D eigenvalue weighted by Gasteiger charge is -2.12. The SMILES string of the molecule is COc1cccc(Nc2n[nH]c(-c3cccnc3Nc3cc(OC)cc(OC)c3)n2)c1. The maximum atomic E-state index is 5.34. The van der Waals surface area contributed by atoms with Crippen LogP contribution >= 0.6 is 0 Å². The van der Waals surface area contributed by atoms with Crippen molar-refractivity contribution in [2.45, 2.75) is 0 Å². The number of anilines is 4. The van der Waals surface area contributed by atoms with Crippen molar-refractivity contribution in [1.29, 1.82) is 0 Å². The van der Waals surface area contributed by atoms with Crippen LogP contribution in [-0.2, 0) is 0 Å². The van der Waals surface area contributed by atoms with E-state index in [1.165, 1.54) is 0 Å². The first-order chi connectivity index (χ1) is 15.2. The van der Waals surface area contributed by atoms with Crippen LogP contribution in [0.15, 0.2) is 60.8 Å². The van der Waals surface area contributed by atoms with Gasteiger partial charge in [0.05, 0.1) is 26.9 Å². The molecule has 0 bridgehead atoms. The molecule has 0 amide bonds. The summed E-state index contributed by atoms with van der Waals surface area (Å²) in [6, 6.07) is 16.8. The molecular weight excluding hydrogens is 396 g/mol. The number of nitrogens with zero attached hydrogens (tertiary/aromatic N) is 3. The van der Waals surface area contributed by atoms with Crippen LogP contribution in [0, 0.1) is 0 Å². The lowest BCUT2D eigenvalue weighted by Crippen LogP contribution is -1.98. The topological polar surface area (TPSA) is 106 Å². The van der Waals surface area contributed by atoms with Gasteiger partial charge in [0, 0.05) is 41.8 Å². The van der Waals surface area contributed by atoms with Crippen LogP contribution in [-0.4, -0.2) is 41.5 Å². The number of H-pyrrole nitrogens is 1. The molecule has 0 unspecified atom stereocenters. The van der Waals surface area contributed by atoms with Gasteiger partial charge in [-0.2, -0.15) is 4.98 Å². The fraction of sp³-hybridized carbons (Fsp3) is 0.136. The Kier molecular flexibility index (Phi) is 5.84. The number of rotatable bonds is 8. The van der Waals surface area contributed by atoms with Gasteiger partial charge in [0.15, 0.2) is 5.82 Å². The third-order valence-corrected chi connectivity index (χ3v) is 4.49. The molecule has 3 N–H and O–H groups in total. The van der Waals surface area contributed by atoms with Crippen LogP contribution in [0.1, 0.15) is 0 Å². The zero-order valence-corrected chi connectivity index (χ0v) is 17.3. The second-order valence-corrected chi connectivity index (χ2v) is 6.49. The molecule has 9 nitrogen and oxygen atoms in total. The monoisotopic (exact) mass is 418 g/mol. The van der Waals surface area contributed by atoms with E-state index in [2.05, 4.69) is 30.8 Å². The summed E-state index contributed by atoms with van der Waals surface area (Å²) in [4.78, 5) is 9.01. The average Bonchev–Trinajstić information content (AvgIpc) is 3.27. The van der Waals surface area contributed by atoms with E-state index in [9.17, 15) is 0 Å². The molecule has 4 rings (SSSR count). The number of benzene rings is 2. The van der Waals surface area contributed by atoms with Gasteiger partial charge in [0.25, 0.3) is 0 Å². The first-order valence-corrected chi connectivity index (χ1v) is 9.47. The number of aromatic amines is 1. The summed E-state index contributed by atoms with van der Waals surface area (Å²) in [5.74, 6) is 3.69. The Hall–Kier alpha value is -4.27. The highest BCUT2D eigenvalue weighted by Crippen LogP contribution is 2.31. The Morgan fingerprint density at radius 1 is 0.774 bits per heavy atom. The largest absolute Gasteiger partial charge is 0.497 e. The highest BCUT2D eigenvalue weighted by Gasteiger charge is 2.13. The Morgan fingerprint density at radius 2 is 1.52 bits per heavy atom. The van der Waals surface area contributed by atoms with Gasteiger partial charge in [-0.05, 0) is 24.3 Å². The smallest absolute Gasteiger partial charge is 0.246 e. The van der Waals surface area contributed by atoms with E-state index in [1.807, 2.05) is 48.5 Å². The van der Waals surface area contributed by atoms with Gasteiger partial charge in [0.1, 0.15) is 23.1 Å². The third-order valence-electron chi connectivity index (χ3n) is 4.49. The predicted molar refractivity (Wildman–Crippen MR) is 119 cm³/mol. The average molecular weight is 418 g/mol. The number of methoxy groups -OCH3 is 3. The zero-order chi connectivity index (χ0) is 21.6. The zero-order valence-electron chi connectivity index (χ0n) is 17.3. The summed E-state index contributed by atoms with van der Waals surface area (Å²) in [7, 11) is 4.84. The van der Waals surface area contributed by atoms with Gasteiger partial charge in [-0.15, -0.1) is 5.10 Å². The van der Waals surface area contributed by atoms with E-state index >= 15 is 0 Å². The van der Waals surface area contributed by atoms with Gasteiger partial charge >= 0.3 is 0 Å². The Morgan fingerprint density at radius 3 is 2.26 bits per heavy atom. The van der Waals surface area contributed by atoms with Crippen molar-refractivity contribution in [2.75, 3.05) is 32.0 Å². The van der Waals surface area contributed by atoms with Crippen LogP contribution in [0.2, 0.25) is 0 Å². The molecule has 0 aliphatic heterocycles. The fourth-order valence-electron chi connectivity index (χ4n) is 2.98. The standard InChI is InChI=1S/C22H22N6O3/c1-29-16-7-4-6-14(10-16)25-22-26-21(27-28-22)19-8-5-9-23-20(19)24-15-11-17(30-2)13-18(12-15)31-3/h4-13H,1-3H3,(H,23,24)(H2,25,26,27,28). The van der Waals surface area contributed by atoms with Gasteiger partial charge in [-0.25, -0.2) is 4.98 Å². The summed E-state index contributed by atoms with van der Waals surface area (Å²) in [6.45, 7) is 0. The summed E-state index contributed by atoms with van der Waals surface area (Å²) < 4.78 is 15.9. The van der Waals surface area contributed by atoms with E-state index < -0.39 is 0 Å². The minimum atomic E-state index is 0.432. The number of ether oxygens (including phenoxy) is 3. The van der Waals surface area contributed by atoms with Crippen LogP contribution in [0.3, 0.4) is 0 Å². The van der Waals surface area contributed by atoms with E-state index in [0.717, 1.165) is 22.7 Å². The minimum absolute atomic E-state index is 0.432. The maximum absolute atomic E-state index is 5.34. The summed E-state index contributed by atoms with van der Waals surface area (Å²) in [5, 5.41) is 13.7. The summed E-state index contributed by atoms with van der Waals surface area (Å²) >= 11 is 0. The number of hydrogen-bond acceptors (Lipinski definition) is 8. The molecule has 31 heavy (non-hydrogen) atoms. The molecule has 0 fully saturated rings. The summed E-state index contributed by atoms with van der Waals surface area (Å²) in [6.07, 6.45) is 1.70. The first kappa shape index (κ1) is 20.0.